The quantitative estimate of drug-likeness (QED) is 0.314. The van der Waals surface area contributed by atoms with Crippen LogP contribution in [0.25, 0.3) is 32.9 Å². The molecule has 3 nitrogen and oxygen atoms in total. The van der Waals surface area contributed by atoms with Crippen LogP contribution in [0.2, 0.25) is 10.4 Å². The number of fused-ring (bicyclic) bond motifs is 2. The fourth-order valence-electron chi connectivity index (χ4n) is 2.89. The van der Waals surface area contributed by atoms with Crippen LogP contribution >= 0.6 is 23.2 Å². The molecular formula is C18H9Cl2F2N3. The molecule has 7 heteroatoms. The van der Waals surface area contributed by atoms with Gasteiger partial charge < -0.3 is 0 Å². The van der Waals surface area contributed by atoms with Gasteiger partial charge in [0.25, 0.3) is 0 Å². The van der Waals surface area contributed by atoms with Gasteiger partial charge in [0.15, 0.2) is 5.82 Å². The Morgan fingerprint density at radius 2 is 1.76 bits per heavy atom. The van der Waals surface area contributed by atoms with E-state index in [1.54, 1.807) is 24.3 Å². The largest absolute Gasteiger partial charge is 0.252 e. The molecule has 0 fully saturated rings. The Morgan fingerprint density at radius 1 is 0.960 bits per heavy atom. The Balaban J connectivity index is 2.11. The minimum absolute atomic E-state index is 0.00731. The van der Waals surface area contributed by atoms with Crippen LogP contribution in [0.5, 0.6) is 0 Å². The van der Waals surface area contributed by atoms with Crippen LogP contribution in [0.4, 0.5) is 8.78 Å². The van der Waals surface area contributed by atoms with Gasteiger partial charge in [0.1, 0.15) is 22.2 Å². The van der Waals surface area contributed by atoms with Gasteiger partial charge in [0, 0.05) is 17.1 Å². The van der Waals surface area contributed by atoms with E-state index in [0.29, 0.717) is 16.3 Å². The fourth-order valence-corrected chi connectivity index (χ4v) is 3.32. The molecule has 0 saturated heterocycles. The van der Waals surface area contributed by atoms with Gasteiger partial charge >= 0.3 is 0 Å². The van der Waals surface area contributed by atoms with Gasteiger partial charge in [-0.2, -0.15) is 0 Å². The molecule has 0 spiro atoms. The maximum absolute atomic E-state index is 15.1. The van der Waals surface area contributed by atoms with E-state index in [9.17, 15) is 4.39 Å². The highest BCUT2D eigenvalue weighted by Gasteiger charge is 2.19. The molecule has 25 heavy (non-hydrogen) atoms. The van der Waals surface area contributed by atoms with Crippen molar-refractivity contribution in [2.45, 2.75) is 6.92 Å². The van der Waals surface area contributed by atoms with Crippen LogP contribution in [-0.4, -0.2) is 15.0 Å². The van der Waals surface area contributed by atoms with E-state index in [1.807, 2.05) is 6.92 Å². The molecule has 0 aliphatic rings. The third-order valence-corrected chi connectivity index (χ3v) is 4.53. The summed E-state index contributed by atoms with van der Waals surface area (Å²) in [5, 5.41) is 1.07. The molecule has 0 saturated carbocycles. The number of aromatic nitrogens is 3. The molecule has 4 aromatic rings. The van der Waals surface area contributed by atoms with Crippen molar-refractivity contribution in [3.8, 4) is 11.3 Å². The molecule has 2 heterocycles. The van der Waals surface area contributed by atoms with Crippen molar-refractivity contribution in [1.29, 1.82) is 0 Å². The molecule has 0 aliphatic heterocycles. The van der Waals surface area contributed by atoms with Crippen LogP contribution in [0.15, 0.2) is 36.5 Å². The van der Waals surface area contributed by atoms with Crippen molar-refractivity contribution in [3.63, 3.8) is 0 Å². The lowest BCUT2D eigenvalue weighted by atomic mass is 9.97. The number of aryl methyl sites for hydroxylation is 1. The zero-order valence-corrected chi connectivity index (χ0v) is 14.3. The normalized spacial score (nSPS) is 11.4. The average molecular weight is 376 g/mol. The highest BCUT2D eigenvalue weighted by molar-refractivity contribution is 6.35. The van der Waals surface area contributed by atoms with Gasteiger partial charge in [-0.3, -0.25) is 4.98 Å². The zero-order valence-electron chi connectivity index (χ0n) is 12.8. The molecule has 124 valence electrons. The Hall–Kier alpha value is -2.37. The first-order valence-corrected chi connectivity index (χ1v) is 8.08. The van der Waals surface area contributed by atoms with E-state index < -0.39 is 11.6 Å². The minimum atomic E-state index is -0.725. The van der Waals surface area contributed by atoms with Crippen LogP contribution in [-0.2, 0) is 0 Å². The van der Waals surface area contributed by atoms with Crippen LogP contribution in [0, 0.1) is 18.6 Å². The molecule has 0 radical (unpaired) electrons. The molecule has 2 aromatic heterocycles. The lowest BCUT2D eigenvalue weighted by Gasteiger charge is -2.11. The number of benzene rings is 2. The highest BCUT2D eigenvalue weighted by atomic mass is 35.5. The first kappa shape index (κ1) is 16.1. The first-order valence-electron chi connectivity index (χ1n) is 7.33. The molecule has 4 rings (SSSR count). The third kappa shape index (κ3) is 2.51. The average Bonchev–Trinajstić information content (AvgIpc) is 2.59. The van der Waals surface area contributed by atoms with Crippen LogP contribution in [0.3, 0.4) is 0 Å². The standard InChI is InChI=1S/C18H9Cl2F2N3/c1-8-5-6-12(21)13-9(8)3-2-4-10(13)15-14(22)16-11(7-23-15)17(19)25-18(20)24-16/h2-7H,1H3. The first-order chi connectivity index (χ1) is 12.0. The summed E-state index contributed by atoms with van der Waals surface area (Å²) in [6, 6.07) is 8.17. The summed E-state index contributed by atoms with van der Waals surface area (Å²) in [4.78, 5) is 11.8. The monoisotopic (exact) mass is 375 g/mol. The van der Waals surface area contributed by atoms with E-state index in [2.05, 4.69) is 15.0 Å². The number of hydrogen-bond acceptors (Lipinski definition) is 3. The van der Waals surface area contributed by atoms with Crippen molar-refractivity contribution in [1.82, 2.24) is 15.0 Å². The second-order valence-corrected chi connectivity index (χ2v) is 6.26. The smallest absolute Gasteiger partial charge is 0.224 e. The van der Waals surface area contributed by atoms with Gasteiger partial charge in [0.05, 0.1) is 5.39 Å². The van der Waals surface area contributed by atoms with E-state index in [0.717, 1.165) is 5.56 Å². The third-order valence-electron chi connectivity index (χ3n) is 4.07. The fraction of sp³-hybridized carbons (Fsp3) is 0.0556. The number of nitrogens with zero attached hydrogens (tertiary/aromatic N) is 3. The Labute approximate surface area is 151 Å². The van der Waals surface area contributed by atoms with Crippen molar-refractivity contribution < 1.29 is 8.78 Å². The lowest BCUT2D eigenvalue weighted by Crippen LogP contribution is -1.97. The summed E-state index contributed by atoms with van der Waals surface area (Å²) in [7, 11) is 0. The molecule has 0 atom stereocenters. The molecule has 0 bridgehead atoms. The topological polar surface area (TPSA) is 38.7 Å². The second-order valence-electron chi connectivity index (χ2n) is 5.56. The summed E-state index contributed by atoms with van der Waals surface area (Å²) in [5.74, 6) is -1.17. The maximum atomic E-state index is 15.1. The van der Waals surface area contributed by atoms with Crippen molar-refractivity contribution in [2.75, 3.05) is 0 Å². The summed E-state index contributed by atoms with van der Waals surface area (Å²) in [6.07, 6.45) is 1.36. The van der Waals surface area contributed by atoms with Gasteiger partial charge in [-0.15, -0.1) is 0 Å². The Morgan fingerprint density at radius 3 is 2.56 bits per heavy atom. The second kappa shape index (κ2) is 5.86. The van der Waals surface area contributed by atoms with Crippen molar-refractivity contribution in [2.24, 2.45) is 0 Å². The highest BCUT2D eigenvalue weighted by Crippen LogP contribution is 2.35. The molecule has 2 aromatic carbocycles. The van der Waals surface area contributed by atoms with Gasteiger partial charge in [-0.1, -0.05) is 35.9 Å². The zero-order chi connectivity index (χ0) is 17.7. The predicted octanol–water partition coefficient (Wildman–Crippen LogP) is 5.74. The molecular weight excluding hydrogens is 367 g/mol. The molecule has 0 unspecified atom stereocenters. The van der Waals surface area contributed by atoms with Crippen molar-refractivity contribution in [3.05, 3.63) is 64.2 Å². The maximum Gasteiger partial charge on any atom is 0.224 e. The summed E-state index contributed by atoms with van der Waals surface area (Å²) < 4.78 is 29.6. The summed E-state index contributed by atoms with van der Waals surface area (Å²) in [5.41, 5.74) is 1.14. The van der Waals surface area contributed by atoms with Gasteiger partial charge in [-0.25, -0.2) is 18.7 Å². The minimum Gasteiger partial charge on any atom is -0.252 e. The van der Waals surface area contributed by atoms with E-state index in [-0.39, 0.29) is 27.0 Å². The summed E-state index contributed by atoms with van der Waals surface area (Å²) >= 11 is 11.8. The van der Waals surface area contributed by atoms with E-state index >= 15 is 4.39 Å². The SMILES string of the molecule is Cc1ccc(F)c2c(-c3ncc4c(Cl)nc(Cl)nc4c3F)cccc12. The lowest BCUT2D eigenvalue weighted by molar-refractivity contribution is 0.633. The number of rotatable bonds is 1. The van der Waals surface area contributed by atoms with Crippen LogP contribution < -0.4 is 0 Å². The van der Waals surface area contributed by atoms with E-state index in [1.165, 1.54) is 12.3 Å². The van der Waals surface area contributed by atoms with Gasteiger partial charge in [-0.05, 0) is 35.5 Å². The number of pyridine rings is 1. The number of halogens is 4. The molecule has 0 aliphatic carbocycles. The molecule has 0 amide bonds. The van der Waals surface area contributed by atoms with Crippen LogP contribution in [0.1, 0.15) is 5.56 Å². The molecule has 0 N–H and O–H groups in total. The van der Waals surface area contributed by atoms with Crippen molar-refractivity contribution >= 4 is 44.9 Å². The van der Waals surface area contributed by atoms with Gasteiger partial charge in [0.2, 0.25) is 5.28 Å². The summed E-state index contributed by atoms with van der Waals surface area (Å²) in [6.45, 7) is 1.86. The Bertz CT molecular complexity index is 1160. The predicted molar refractivity (Wildman–Crippen MR) is 94.9 cm³/mol. The Kier molecular flexibility index (Phi) is 3.78. The number of hydrogen-bond donors (Lipinski definition) is 0. The van der Waals surface area contributed by atoms with E-state index in [4.69, 9.17) is 23.2 Å².